The Kier molecular flexibility index (Phi) is 2.09. The number of imidazole rings is 1. The second-order valence-electron chi connectivity index (χ2n) is 5.81. The van der Waals surface area contributed by atoms with Crippen molar-refractivity contribution in [2.75, 3.05) is 0 Å². The minimum absolute atomic E-state index is 0.0731. The Labute approximate surface area is 115 Å². The van der Waals surface area contributed by atoms with Gasteiger partial charge in [-0.05, 0) is 37.3 Å². The lowest BCUT2D eigenvalue weighted by Gasteiger charge is -2.61. The van der Waals surface area contributed by atoms with Crippen LogP contribution in [0.15, 0.2) is 18.2 Å². The van der Waals surface area contributed by atoms with E-state index < -0.39 is 0 Å². The van der Waals surface area contributed by atoms with Crippen molar-refractivity contribution in [3.05, 3.63) is 29.0 Å². The van der Waals surface area contributed by atoms with Crippen LogP contribution in [0.25, 0.3) is 11.0 Å². The first-order valence-corrected chi connectivity index (χ1v) is 6.89. The van der Waals surface area contributed by atoms with Crippen LogP contribution >= 0.6 is 11.6 Å². The number of aryl methyl sites for hydroxylation is 1. The van der Waals surface area contributed by atoms with Crippen LogP contribution in [0, 0.1) is 5.92 Å². The number of benzene rings is 1. The van der Waals surface area contributed by atoms with Crippen LogP contribution in [-0.2, 0) is 7.05 Å². The molecule has 98 valence electrons. The topological polar surface area (TPSA) is 46.9 Å². The molecule has 2 aromatic rings. The first kappa shape index (κ1) is 11.3. The number of rotatable bonds is 2. The number of nitrogens with one attached hydrogen (secondary N) is 1. The van der Waals surface area contributed by atoms with E-state index in [4.69, 9.17) is 11.6 Å². The number of aromatic nitrogens is 2. The van der Waals surface area contributed by atoms with E-state index >= 15 is 0 Å². The molecule has 5 heteroatoms. The molecule has 3 saturated carbocycles. The van der Waals surface area contributed by atoms with Crippen LogP contribution < -0.4 is 5.32 Å². The van der Waals surface area contributed by atoms with E-state index in [2.05, 4.69) is 10.3 Å². The normalized spacial score (nSPS) is 27.8. The van der Waals surface area contributed by atoms with Gasteiger partial charge < -0.3 is 9.88 Å². The summed E-state index contributed by atoms with van der Waals surface area (Å²) in [5, 5.41) is 3.75. The van der Waals surface area contributed by atoms with E-state index in [1.165, 1.54) is 0 Å². The molecule has 1 amide bonds. The van der Waals surface area contributed by atoms with Crippen molar-refractivity contribution >= 4 is 28.5 Å². The standard InChI is InChI=1S/C14H14ClN3O/c1-18-11-9(15)3-2-4-10(11)16-12(18)13(19)17-14-5-8(6-14)7-14/h2-4,8H,5-7H2,1H3,(H,17,19). The summed E-state index contributed by atoms with van der Waals surface area (Å²) in [6.07, 6.45) is 3.39. The monoisotopic (exact) mass is 275 g/mol. The van der Waals surface area contributed by atoms with Crippen LogP contribution in [0.1, 0.15) is 29.9 Å². The number of nitrogens with zero attached hydrogens (tertiary/aromatic N) is 2. The fourth-order valence-electron chi connectivity index (χ4n) is 3.35. The molecule has 0 atom stereocenters. The molecule has 2 bridgehead atoms. The molecule has 1 N–H and O–H groups in total. The van der Waals surface area contributed by atoms with Gasteiger partial charge >= 0.3 is 0 Å². The molecule has 3 fully saturated rings. The van der Waals surface area contributed by atoms with Gasteiger partial charge in [-0.15, -0.1) is 0 Å². The maximum Gasteiger partial charge on any atom is 0.287 e. The van der Waals surface area contributed by atoms with Gasteiger partial charge in [0.1, 0.15) is 0 Å². The van der Waals surface area contributed by atoms with Gasteiger partial charge in [-0.25, -0.2) is 4.98 Å². The fraction of sp³-hybridized carbons (Fsp3) is 0.429. The Hall–Kier alpha value is -1.55. The third kappa shape index (κ3) is 1.46. The van der Waals surface area contributed by atoms with E-state index in [0.29, 0.717) is 10.8 Å². The lowest BCUT2D eigenvalue weighted by Crippen LogP contribution is -2.68. The number of fused-ring (bicyclic) bond motifs is 1. The molecule has 0 spiro atoms. The average molecular weight is 276 g/mol. The first-order chi connectivity index (χ1) is 9.08. The molecular formula is C14H14ClN3O. The summed E-state index contributed by atoms with van der Waals surface area (Å²) in [4.78, 5) is 16.7. The largest absolute Gasteiger partial charge is 0.344 e. The van der Waals surface area contributed by atoms with Gasteiger partial charge in [0.2, 0.25) is 0 Å². The van der Waals surface area contributed by atoms with Gasteiger partial charge in [0.15, 0.2) is 5.82 Å². The molecule has 19 heavy (non-hydrogen) atoms. The molecule has 0 unspecified atom stereocenters. The summed E-state index contributed by atoms with van der Waals surface area (Å²) in [7, 11) is 1.83. The van der Waals surface area contributed by atoms with E-state index in [1.807, 2.05) is 25.2 Å². The van der Waals surface area contributed by atoms with Gasteiger partial charge in [0, 0.05) is 12.6 Å². The Balaban J connectivity index is 1.72. The summed E-state index contributed by atoms with van der Waals surface area (Å²) in [6, 6.07) is 5.54. The lowest BCUT2D eigenvalue weighted by molar-refractivity contribution is -0.0441. The highest BCUT2D eigenvalue weighted by molar-refractivity contribution is 6.35. The molecule has 1 heterocycles. The summed E-state index contributed by atoms with van der Waals surface area (Å²) >= 11 is 6.17. The van der Waals surface area contributed by atoms with Crippen molar-refractivity contribution in [3.63, 3.8) is 0 Å². The number of hydrogen-bond donors (Lipinski definition) is 1. The summed E-state index contributed by atoms with van der Waals surface area (Å²) < 4.78 is 1.78. The zero-order chi connectivity index (χ0) is 13.2. The van der Waals surface area contributed by atoms with Crippen molar-refractivity contribution in [2.45, 2.75) is 24.8 Å². The summed E-state index contributed by atoms with van der Waals surface area (Å²) in [5.41, 5.74) is 1.65. The van der Waals surface area contributed by atoms with E-state index in [9.17, 15) is 4.79 Å². The molecule has 1 aromatic heterocycles. The number of carbonyl (C=O) groups excluding carboxylic acids is 1. The van der Waals surface area contributed by atoms with Crippen molar-refractivity contribution in [3.8, 4) is 0 Å². The summed E-state index contributed by atoms with van der Waals surface area (Å²) in [5.74, 6) is 1.19. The van der Waals surface area contributed by atoms with E-state index in [0.717, 1.165) is 36.2 Å². The van der Waals surface area contributed by atoms with Crippen molar-refractivity contribution in [1.82, 2.24) is 14.9 Å². The number of amides is 1. The highest BCUT2D eigenvalue weighted by atomic mass is 35.5. The number of halogens is 1. The van der Waals surface area contributed by atoms with E-state index in [1.54, 1.807) is 4.57 Å². The van der Waals surface area contributed by atoms with Gasteiger partial charge in [0.25, 0.3) is 5.91 Å². The van der Waals surface area contributed by atoms with Crippen molar-refractivity contribution in [1.29, 1.82) is 0 Å². The molecule has 3 aliphatic rings. The predicted molar refractivity (Wildman–Crippen MR) is 73.3 cm³/mol. The van der Waals surface area contributed by atoms with Crippen LogP contribution in [0.2, 0.25) is 5.02 Å². The third-order valence-electron chi connectivity index (χ3n) is 4.46. The molecule has 1 aromatic carbocycles. The third-order valence-corrected chi connectivity index (χ3v) is 4.77. The lowest BCUT2D eigenvalue weighted by atomic mass is 9.50. The van der Waals surface area contributed by atoms with Gasteiger partial charge in [-0.2, -0.15) is 0 Å². The fourth-order valence-corrected chi connectivity index (χ4v) is 3.65. The molecule has 3 aliphatic carbocycles. The maximum absolute atomic E-state index is 12.3. The number of para-hydroxylation sites is 1. The maximum atomic E-state index is 12.3. The van der Waals surface area contributed by atoms with Gasteiger partial charge in [-0.3, -0.25) is 4.79 Å². The number of hydrogen-bond acceptors (Lipinski definition) is 2. The zero-order valence-electron chi connectivity index (χ0n) is 10.6. The Morgan fingerprint density at radius 2 is 2.21 bits per heavy atom. The summed E-state index contributed by atoms with van der Waals surface area (Å²) in [6.45, 7) is 0. The van der Waals surface area contributed by atoms with Crippen LogP contribution in [-0.4, -0.2) is 21.0 Å². The predicted octanol–water partition coefficient (Wildman–Crippen LogP) is 2.51. The minimum atomic E-state index is -0.0899. The molecule has 4 nitrogen and oxygen atoms in total. The van der Waals surface area contributed by atoms with Gasteiger partial charge in [-0.1, -0.05) is 17.7 Å². The van der Waals surface area contributed by atoms with Crippen LogP contribution in [0.5, 0.6) is 0 Å². The smallest absolute Gasteiger partial charge is 0.287 e. The van der Waals surface area contributed by atoms with Crippen molar-refractivity contribution < 1.29 is 4.79 Å². The SMILES string of the molecule is Cn1c(C(=O)NC23CC(C2)C3)nc2cccc(Cl)c21. The Morgan fingerprint density at radius 1 is 1.47 bits per heavy atom. The quantitative estimate of drug-likeness (QED) is 0.915. The first-order valence-electron chi connectivity index (χ1n) is 6.51. The highest BCUT2D eigenvalue weighted by Gasteiger charge is 2.57. The van der Waals surface area contributed by atoms with E-state index in [-0.39, 0.29) is 11.4 Å². The van der Waals surface area contributed by atoms with Crippen LogP contribution in [0.3, 0.4) is 0 Å². The molecule has 0 saturated heterocycles. The van der Waals surface area contributed by atoms with Crippen molar-refractivity contribution in [2.24, 2.45) is 13.0 Å². The Bertz CT molecular complexity index is 689. The second-order valence-corrected chi connectivity index (χ2v) is 6.22. The highest BCUT2D eigenvalue weighted by Crippen LogP contribution is 2.56. The van der Waals surface area contributed by atoms with Gasteiger partial charge in [0.05, 0.1) is 16.1 Å². The molecular weight excluding hydrogens is 262 g/mol. The number of carbonyl (C=O) groups is 1. The molecule has 0 radical (unpaired) electrons. The zero-order valence-corrected chi connectivity index (χ0v) is 11.4. The Morgan fingerprint density at radius 3 is 2.79 bits per heavy atom. The van der Waals surface area contributed by atoms with Crippen LogP contribution in [0.4, 0.5) is 0 Å². The average Bonchev–Trinajstić information content (AvgIpc) is 2.61. The second kappa shape index (κ2) is 3.51. The molecule has 5 rings (SSSR count). The molecule has 0 aliphatic heterocycles. The minimum Gasteiger partial charge on any atom is -0.344 e.